The highest BCUT2D eigenvalue weighted by Gasteiger charge is 2.12. The van der Waals surface area contributed by atoms with E-state index in [0.717, 1.165) is 15.8 Å². The second-order valence-corrected chi connectivity index (χ2v) is 4.46. The van der Waals surface area contributed by atoms with Crippen LogP contribution in [0.5, 0.6) is 5.75 Å². The third-order valence-electron chi connectivity index (χ3n) is 2.21. The van der Waals surface area contributed by atoms with E-state index < -0.39 is 0 Å². The minimum atomic E-state index is 0.427. The standard InChI is InChI=1S/C11H16BrNO/c1-7(2)11-8(6-13)4-9(12)5-10(11)14-3/h4-5,7H,6,13H2,1-3H3. The van der Waals surface area contributed by atoms with Gasteiger partial charge in [0.05, 0.1) is 7.11 Å². The van der Waals surface area contributed by atoms with Crippen molar-refractivity contribution >= 4 is 15.9 Å². The molecule has 0 heterocycles. The third kappa shape index (κ3) is 2.28. The van der Waals surface area contributed by atoms with E-state index in [1.807, 2.05) is 6.07 Å². The summed E-state index contributed by atoms with van der Waals surface area (Å²) in [6.07, 6.45) is 0. The van der Waals surface area contributed by atoms with Gasteiger partial charge in [-0.15, -0.1) is 0 Å². The van der Waals surface area contributed by atoms with Crippen LogP contribution in [-0.4, -0.2) is 7.11 Å². The van der Waals surface area contributed by atoms with Gasteiger partial charge < -0.3 is 10.5 Å². The number of benzene rings is 1. The molecule has 2 nitrogen and oxygen atoms in total. The molecule has 0 unspecified atom stereocenters. The fourth-order valence-electron chi connectivity index (χ4n) is 1.64. The molecular weight excluding hydrogens is 242 g/mol. The first-order valence-corrected chi connectivity index (χ1v) is 5.45. The van der Waals surface area contributed by atoms with Crippen molar-refractivity contribution in [3.63, 3.8) is 0 Å². The Kier molecular flexibility index (Phi) is 3.96. The van der Waals surface area contributed by atoms with Gasteiger partial charge in [0.25, 0.3) is 0 Å². The number of hydrogen-bond donors (Lipinski definition) is 1. The van der Waals surface area contributed by atoms with Crippen molar-refractivity contribution in [2.75, 3.05) is 7.11 Å². The molecule has 0 fully saturated rings. The maximum Gasteiger partial charge on any atom is 0.123 e. The van der Waals surface area contributed by atoms with Crippen LogP contribution in [0.15, 0.2) is 16.6 Å². The lowest BCUT2D eigenvalue weighted by atomic mass is 9.96. The summed E-state index contributed by atoms with van der Waals surface area (Å²) < 4.78 is 6.36. The Labute approximate surface area is 93.6 Å². The van der Waals surface area contributed by atoms with Crippen LogP contribution in [0.2, 0.25) is 0 Å². The summed E-state index contributed by atoms with van der Waals surface area (Å²) in [5, 5.41) is 0. The summed E-state index contributed by atoms with van der Waals surface area (Å²) in [5.41, 5.74) is 8.06. The van der Waals surface area contributed by atoms with Gasteiger partial charge in [0.2, 0.25) is 0 Å². The summed E-state index contributed by atoms with van der Waals surface area (Å²) in [6, 6.07) is 4.03. The van der Waals surface area contributed by atoms with Crippen LogP contribution >= 0.6 is 15.9 Å². The van der Waals surface area contributed by atoms with E-state index in [9.17, 15) is 0 Å². The van der Waals surface area contributed by atoms with E-state index in [0.29, 0.717) is 12.5 Å². The highest BCUT2D eigenvalue weighted by molar-refractivity contribution is 9.10. The Morgan fingerprint density at radius 1 is 1.43 bits per heavy atom. The predicted molar refractivity (Wildman–Crippen MR) is 62.7 cm³/mol. The SMILES string of the molecule is COc1cc(Br)cc(CN)c1C(C)C. The Morgan fingerprint density at radius 3 is 2.50 bits per heavy atom. The first-order valence-electron chi connectivity index (χ1n) is 4.66. The van der Waals surface area contributed by atoms with Crippen LogP contribution in [0.1, 0.15) is 30.9 Å². The molecule has 78 valence electrons. The molecule has 0 saturated heterocycles. The van der Waals surface area contributed by atoms with E-state index in [1.165, 1.54) is 5.56 Å². The lowest BCUT2D eigenvalue weighted by molar-refractivity contribution is 0.406. The fourth-order valence-corrected chi connectivity index (χ4v) is 2.12. The van der Waals surface area contributed by atoms with Crippen molar-refractivity contribution in [1.29, 1.82) is 0 Å². The van der Waals surface area contributed by atoms with E-state index in [1.54, 1.807) is 7.11 Å². The third-order valence-corrected chi connectivity index (χ3v) is 2.67. The van der Waals surface area contributed by atoms with Gasteiger partial charge in [0.15, 0.2) is 0 Å². The van der Waals surface area contributed by atoms with Crippen LogP contribution in [0, 0.1) is 0 Å². The quantitative estimate of drug-likeness (QED) is 0.904. The van der Waals surface area contributed by atoms with Crippen LogP contribution in [0.25, 0.3) is 0 Å². The summed E-state index contributed by atoms with van der Waals surface area (Å²) in [4.78, 5) is 0. The van der Waals surface area contributed by atoms with Crippen LogP contribution < -0.4 is 10.5 Å². The lowest BCUT2D eigenvalue weighted by Crippen LogP contribution is -2.05. The summed E-state index contributed by atoms with van der Waals surface area (Å²) in [7, 11) is 1.69. The number of rotatable bonds is 3. The first-order chi connectivity index (χ1) is 6.60. The molecule has 14 heavy (non-hydrogen) atoms. The van der Waals surface area contributed by atoms with Gasteiger partial charge in [-0.05, 0) is 23.6 Å². The Hall–Kier alpha value is -0.540. The highest BCUT2D eigenvalue weighted by Crippen LogP contribution is 2.32. The van der Waals surface area contributed by atoms with Gasteiger partial charge in [-0.1, -0.05) is 29.8 Å². The van der Waals surface area contributed by atoms with Crippen LogP contribution in [-0.2, 0) is 6.54 Å². The zero-order valence-corrected chi connectivity index (χ0v) is 10.4. The van der Waals surface area contributed by atoms with E-state index in [-0.39, 0.29) is 0 Å². The molecule has 0 atom stereocenters. The number of ether oxygens (including phenoxy) is 1. The molecule has 0 amide bonds. The topological polar surface area (TPSA) is 35.2 Å². The van der Waals surface area contributed by atoms with E-state index in [4.69, 9.17) is 10.5 Å². The minimum Gasteiger partial charge on any atom is -0.496 e. The second kappa shape index (κ2) is 4.80. The van der Waals surface area contributed by atoms with Gasteiger partial charge in [-0.3, -0.25) is 0 Å². The zero-order valence-electron chi connectivity index (χ0n) is 8.80. The molecule has 1 aromatic carbocycles. The maximum atomic E-state index is 5.70. The molecule has 0 aliphatic carbocycles. The zero-order chi connectivity index (χ0) is 10.7. The molecule has 1 rings (SSSR count). The molecule has 0 radical (unpaired) electrons. The van der Waals surface area contributed by atoms with Gasteiger partial charge >= 0.3 is 0 Å². The molecule has 3 heteroatoms. The Bertz CT molecular complexity index is 298. The van der Waals surface area contributed by atoms with Crippen molar-refractivity contribution in [1.82, 2.24) is 0 Å². The van der Waals surface area contributed by atoms with Gasteiger partial charge in [-0.25, -0.2) is 0 Å². The van der Waals surface area contributed by atoms with E-state index >= 15 is 0 Å². The van der Waals surface area contributed by atoms with Gasteiger partial charge in [0.1, 0.15) is 5.75 Å². The summed E-state index contributed by atoms with van der Waals surface area (Å²) >= 11 is 3.44. The fraction of sp³-hybridized carbons (Fsp3) is 0.455. The normalized spacial score (nSPS) is 10.7. The number of halogens is 1. The molecular formula is C11H16BrNO. The molecule has 0 bridgehead atoms. The average molecular weight is 258 g/mol. The minimum absolute atomic E-state index is 0.427. The smallest absolute Gasteiger partial charge is 0.123 e. The van der Waals surface area contributed by atoms with Crippen molar-refractivity contribution in [2.24, 2.45) is 5.73 Å². The second-order valence-electron chi connectivity index (χ2n) is 3.54. The number of hydrogen-bond acceptors (Lipinski definition) is 2. The monoisotopic (exact) mass is 257 g/mol. The highest BCUT2D eigenvalue weighted by atomic mass is 79.9. The first kappa shape index (κ1) is 11.5. The molecule has 0 aliphatic heterocycles. The summed E-state index contributed by atoms with van der Waals surface area (Å²) in [6.45, 7) is 4.83. The lowest BCUT2D eigenvalue weighted by Gasteiger charge is -2.16. The Balaban J connectivity index is 3.33. The van der Waals surface area contributed by atoms with Crippen LogP contribution in [0.4, 0.5) is 0 Å². The molecule has 0 aromatic heterocycles. The van der Waals surface area contributed by atoms with E-state index in [2.05, 4.69) is 35.8 Å². The largest absolute Gasteiger partial charge is 0.496 e. The van der Waals surface area contributed by atoms with Crippen molar-refractivity contribution in [2.45, 2.75) is 26.3 Å². The summed E-state index contributed by atoms with van der Waals surface area (Å²) in [5.74, 6) is 1.34. The van der Waals surface area contributed by atoms with Crippen molar-refractivity contribution < 1.29 is 4.74 Å². The average Bonchev–Trinajstić information content (AvgIpc) is 2.15. The molecule has 2 N–H and O–H groups in total. The molecule has 0 saturated carbocycles. The van der Waals surface area contributed by atoms with Crippen molar-refractivity contribution in [3.05, 3.63) is 27.7 Å². The van der Waals surface area contributed by atoms with Crippen LogP contribution in [0.3, 0.4) is 0 Å². The maximum absolute atomic E-state index is 5.70. The number of nitrogens with two attached hydrogens (primary N) is 1. The van der Waals surface area contributed by atoms with Gasteiger partial charge in [0, 0.05) is 16.6 Å². The molecule has 0 aliphatic rings. The molecule has 0 spiro atoms. The van der Waals surface area contributed by atoms with Crippen molar-refractivity contribution in [3.8, 4) is 5.75 Å². The Morgan fingerprint density at radius 2 is 2.07 bits per heavy atom. The van der Waals surface area contributed by atoms with Gasteiger partial charge in [-0.2, -0.15) is 0 Å². The predicted octanol–water partition coefficient (Wildman–Crippen LogP) is 3.04. The number of methoxy groups -OCH3 is 1. The molecule has 1 aromatic rings.